The van der Waals surface area contributed by atoms with E-state index in [2.05, 4.69) is 30.2 Å². The lowest BCUT2D eigenvalue weighted by Crippen LogP contribution is -2.50. The summed E-state index contributed by atoms with van der Waals surface area (Å²) >= 11 is 7.39. The number of carbonyl (C=O) groups excluding carboxylic acids is 1. The maximum atomic E-state index is 13.3. The SMILES string of the molecule is CCOC(=O)c1c(N)sc(N=Nc2ccc(Cl)cc2)c1[C@H]1CC[C@H]2[C@@H]3CC=C4C[C@@H](O)CC[C@]4(C)[C@H]3CC[C@]12C. The van der Waals surface area contributed by atoms with Crippen molar-refractivity contribution in [2.24, 2.45) is 38.8 Å². The lowest BCUT2D eigenvalue weighted by atomic mass is 9.47. The highest BCUT2D eigenvalue weighted by Crippen LogP contribution is 2.69. The van der Waals surface area contributed by atoms with Gasteiger partial charge in [-0.25, -0.2) is 4.79 Å². The minimum Gasteiger partial charge on any atom is -0.462 e. The van der Waals surface area contributed by atoms with E-state index < -0.39 is 0 Å². The van der Waals surface area contributed by atoms with Crippen molar-refractivity contribution in [3.05, 3.63) is 52.1 Å². The number of azo groups is 1. The molecule has 0 unspecified atom stereocenters. The zero-order chi connectivity index (χ0) is 28.2. The van der Waals surface area contributed by atoms with E-state index in [1.807, 2.05) is 19.1 Å². The largest absolute Gasteiger partial charge is 0.462 e. The standard InChI is InChI=1S/C32H40ClN3O3S/c1-4-39-30(38)27-26(29(40-28(27)34)36-35-20-8-6-19(33)7-9-20)25-12-11-23-22-10-5-18-17-21(37)13-15-31(18,2)24(22)14-16-32(23,25)3/h5-9,21-25,37H,4,10-17,34H2,1-3H3/t21-,22-,23-,24-,25+,31-,32-/m0/s1. The van der Waals surface area contributed by atoms with Gasteiger partial charge in [0.05, 0.1) is 24.0 Å². The minimum absolute atomic E-state index is 0.0380. The first-order valence-electron chi connectivity index (χ1n) is 14.8. The first-order valence-corrected chi connectivity index (χ1v) is 16.0. The Hall–Kier alpha value is -2.22. The number of rotatable bonds is 5. The normalized spacial score (nSPS) is 35.1. The Bertz CT molecular complexity index is 1350. The molecule has 0 amide bonds. The van der Waals surface area contributed by atoms with Gasteiger partial charge in [-0.2, -0.15) is 0 Å². The molecule has 3 saturated carbocycles. The number of carbonyl (C=O) groups is 1. The van der Waals surface area contributed by atoms with Gasteiger partial charge in [-0.15, -0.1) is 10.2 Å². The molecule has 0 aliphatic heterocycles. The van der Waals surface area contributed by atoms with Crippen LogP contribution in [0.2, 0.25) is 5.02 Å². The first kappa shape index (κ1) is 27.9. The van der Waals surface area contributed by atoms with Crippen LogP contribution < -0.4 is 5.73 Å². The van der Waals surface area contributed by atoms with E-state index in [1.165, 1.54) is 23.3 Å². The summed E-state index contributed by atoms with van der Waals surface area (Å²) in [4.78, 5) is 13.3. The van der Waals surface area contributed by atoms with Crippen LogP contribution in [-0.4, -0.2) is 23.8 Å². The second-order valence-electron chi connectivity index (χ2n) is 12.8. The molecule has 4 aliphatic carbocycles. The number of nitrogen functional groups attached to an aromatic ring is 1. The van der Waals surface area contributed by atoms with Crippen molar-refractivity contribution in [1.82, 2.24) is 0 Å². The zero-order valence-electron chi connectivity index (χ0n) is 23.7. The van der Waals surface area contributed by atoms with E-state index in [0.29, 0.717) is 50.6 Å². The van der Waals surface area contributed by atoms with Crippen LogP contribution in [0.1, 0.15) is 94.0 Å². The molecule has 1 heterocycles. The lowest BCUT2D eigenvalue weighted by Gasteiger charge is -2.58. The van der Waals surface area contributed by atoms with Crippen molar-refractivity contribution in [2.75, 3.05) is 12.3 Å². The van der Waals surface area contributed by atoms with Crippen molar-refractivity contribution >= 4 is 44.6 Å². The van der Waals surface area contributed by atoms with Crippen LogP contribution in [0.5, 0.6) is 0 Å². The molecular formula is C32H40ClN3O3S. The molecule has 4 aliphatic rings. The van der Waals surface area contributed by atoms with Gasteiger partial charge in [0, 0.05) is 10.6 Å². The highest BCUT2D eigenvalue weighted by Gasteiger charge is 2.59. The summed E-state index contributed by atoms with van der Waals surface area (Å²) in [6.45, 7) is 7.03. The quantitative estimate of drug-likeness (QED) is 0.209. The van der Waals surface area contributed by atoms with Crippen LogP contribution in [0, 0.1) is 28.6 Å². The molecule has 1 aromatic heterocycles. The first-order chi connectivity index (χ1) is 19.2. The summed E-state index contributed by atoms with van der Waals surface area (Å²) in [6, 6.07) is 7.25. The van der Waals surface area contributed by atoms with Gasteiger partial charge in [0.2, 0.25) is 0 Å². The number of anilines is 1. The smallest absolute Gasteiger partial charge is 0.341 e. The molecule has 0 bridgehead atoms. The second-order valence-corrected chi connectivity index (χ2v) is 14.3. The Kier molecular flexibility index (Phi) is 7.37. The summed E-state index contributed by atoms with van der Waals surface area (Å²) in [7, 11) is 0. The molecule has 6 rings (SSSR count). The Labute approximate surface area is 246 Å². The molecule has 6 nitrogen and oxygen atoms in total. The molecule has 214 valence electrons. The number of hydrogen-bond acceptors (Lipinski definition) is 7. The molecule has 7 atom stereocenters. The Morgan fingerprint density at radius 2 is 1.90 bits per heavy atom. The van der Waals surface area contributed by atoms with E-state index in [9.17, 15) is 9.90 Å². The van der Waals surface area contributed by atoms with E-state index in [-0.39, 0.29) is 28.8 Å². The topological polar surface area (TPSA) is 97.3 Å². The maximum absolute atomic E-state index is 13.3. The van der Waals surface area contributed by atoms with Crippen LogP contribution in [-0.2, 0) is 4.74 Å². The van der Waals surface area contributed by atoms with Crippen LogP contribution >= 0.6 is 22.9 Å². The molecule has 0 radical (unpaired) electrons. The Balaban J connectivity index is 1.37. The maximum Gasteiger partial charge on any atom is 0.341 e. The number of thiophene rings is 1. The third kappa shape index (κ3) is 4.53. The molecule has 0 spiro atoms. The second kappa shape index (κ2) is 10.6. The number of halogens is 1. The van der Waals surface area contributed by atoms with Crippen LogP contribution in [0.15, 0.2) is 46.1 Å². The van der Waals surface area contributed by atoms with Gasteiger partial charge in [-0.05, 0) is 117 Å². The van der Waals surface area contributed by atoms with Crippen molar-refractivity contribution in [1.29, 1.82) is 0 Å². The van der Waals surface area contributed by atoms with Crippen LogP contribution in [0.3, 0.4) is 0 Å². The van der Waals surface area contributed by atoms with Crippen molar-refractivity contribution in [3.63, 3.8) is 0 Å². The van der Waals surface area contributed by atoms with Gasteiger partial charge >= 0.3 is 5.97 Å². The number of aliphatic hydroxyl groups excluding tert-OH is 1. The number of hydrogen-bond donors (Lipinski definition) is 2. The molecule has 2 aromatic rings. The molecule has 40 heavy (non-hydrogen) atoms. The summed E-state index contributed by atoms with van der Waals surface area (Å²) in [5, 5.41) is 21.4. The monoisotopic (exact) mass is 581 g/mol. The molecule has 8 heteroatoms. The number of fused-ring (bicyclic) bond motifs is 5. The average Bonchev–Trinajstić information content (AvgIpc) is 3.44. The number of esters is 1. The predicted molar refractivity (Wildman–Crippen MR) is 161 cm³/mol. The number of nitrogens with zero attached hydrogens (tertiary/aromatic N) is 2. The number of nitrogens with two attached hydrogens (primary N) is 1. The number of allylic oxidation sites excluding steroid dienone is 1. The molecule has 1 aromatic carbocycles. The van der Waals surface area contributed by atoms with Gasteiger partial charge in [-0.1, -0.05) is 48.4 Å². The fourth-order valence-electron chi connectivity index (χ4n) is 8.99. The van der Waals surface area contributed by atoms with Crippen LogP contribution in [0.25, 0.3) is 0 Å². The zero-order valence-corrected chi connectivity index (χ0v) is 25.2. The minimum atomic E-state index is -0.363. The van der Waals surface area contributed by atoms with Crippen molar-refractivity contribution in [3.8, 4) is 0 Å². The third-order valence-corrected chi connectivity index (χ3v) is 12.1. The van der Waals surface area contributed by atoms with Crippen molar-refractivity contribution in [2.45, 2.75) is 84.2 Å². The summed E-state index contributed by atoms with van der Waals surface area (Å²) in [5.74, 6) is 1.64. The highest BCUT2D eigenvalue weighted by atomic mass is 35.5. The van der Waals surface area contributed by atoms with Gasteiger partial charge in [0.25, 0.3) is 0 Å². The Morgan fingerprint density at radius 3 is 2.65 bits per heavy atom. The summed E-state index contributed by atoms with van der Waals surface area (Å²) in [6.07, 6.45) is 10.6. The Morgan fingerprint density at radius 1 is 1.12 bits per heavy atom. The van der Waals surface area contributed by atoms with E-state index in [4.69, 9.17) is 22.1 Å². The van der Waals surface area contributed by atoms with E-state index >= 15 is 0 Å². The van der Waals surface area contributed by atoms with Gasteiger partial charge in [0.15, 0.2) is 0 Å². The molecular weight excluding hydrogens is 542 g/mol. The molecule has 3 N–H and O–H groups in total. The third-order valence-electron chi connectivity index (χ3n) is 10.9. The number of benzene rings is 1. The summed E-state index contributed by atoms with van der Waals surface area (Å²) < 4.78 is 5.51. The van der Waals surface area contributed by atoms with Gasteiger partial charge < -0.3 is 15.6 Å². The molecule has 0 saturated heterocycles. The lowest BCUT2D eigenvalue weighted by molar-refractivity contribution is -0.0409. The number of ether oxygens (including phenoxy) is 1. The highest BCUT2D eigenvalue weighted by molar-refractivity contribution is 7.20. The summed E-state index contributed by atoms with van der Waals surface area (Å²) in [5.41, 5.74) is 10.4. The average molecular weight is 582 g/mol. The number of aliphatic hydroxyl groups is 1. The van der Waals surface area contributed by atoms with E-state index in [1.54, 1.807) is 12.1 Å². The van der Waals surface area contributed by atoms with E-state index in [0.717, 1.165) is 50.5 Å². The fourth-order valence-corrected chi connectivity index (χ4v) is 10.1. The predicted octanol–water partition coefficient (Wildman–Crippen LogP) is 8.98. The van der Waals surface area contributed by atoms with Gasteiger partial charge in [-0.3, -0.25) is 0 Å². The fraction of sp³-hybridized carbons (Fsp3) is 0.594. The van der Waals surface area contributed by atoms with Crippen molar-refractivity contribution < 1.29 is 14.6 Å². The molecule has 3 fully saturated rings. The van der Waals surface area contributed by atoms with Gasteiger partial charge in [0.1, 0.15) is 10.0 Å². The van der Waals surface area contributed by atoms with Crippen LogP contribution in [0.4, 0.5) is 15.7 Å².